The van der Waals surface area contributed by atoms with Gasteiger partial charge in [-0.25, -0.2) is 4.98 Å². The van der Waals surface area contributed by atoms with Crippen LogP contribution in [0, 0.1) is 0 Å². The number of carbonyl (C=O) groups is 2. The fraction of sp³-hybridized carbons (Fsp3) is 0.286. The largest absolute Gasteiger partial charge is 0.497 e. The van der Waals surface area contributed by atoms with Gasteiger partial charge in [0.1, 0.15) is 29.4 Å². The Labute approximate surface area is 238 Å². The molecule has 0 radical (unpaired) electrons. The number of hydrogen-bond donors (Lipinski definition) is 2. The average Bonchev–Trinajstić information content (AvgIpc) is 3.59. The van der Waals surface area contributed by atoms with Crippen molar-refractivity contribution < 1.29 is 37.0 Å². The van der Waals surface area contributed by atoms with Crippen molar-refractivity contribution in [2.24, 2.45) is 7.05 Å². The van der Waals surface area contributed by atoms with Crippen LogP contribution in [0.5, 0.6) is 17.2 Å². The maximum atomic E-state index is 13.1. The lowest BCUT2D eigenvalue weighted by Crippen LogP contribution is -2.40. The number of amides is 2. The van der Waals surface area contributed by atoms with Crippen molar-refractivity contribution in [1.82, 2.24) is 19.7 Å². The normalized spacial score (nSPS) is 14.2. The summed E-state index contributed by atoms with van der Waals surface area (Å²) in [6, 6.07) is 7.78. The number of rotatable bonds is 7. The number of ether oxygens (including phenoxy) is 3. The SMILES string of the molecule is COc1ccc(CNc2ncc(NC(=O)C(=O)N(C)[C@@H]3COc4cc(C(F)(F)F)ccc43)c3cnn(C)c23)c(OC)c1. The Morgan fingerprint density at radius 1 is 1.14 bits per heavy atom. The summed E-state index contributed by atoms with van der Waals surface area (Å²) in [5.74, 6) is -0.0570. The van der Waals surface area contributed by atoms with Gasteiger partial charge in [0.05, 0.1) is 43.9 Å². The summed E-state index contributed by atoms with van der Waals surface area (Å²) < 4.78 is 56.9. The molecule has 4 aromatic rings. The standard InChI is InChI=1S/C28H27F3N6O5/c1-36(21-14-42-23-9-16(28(29,30)31)6-8-18(21)23)27(39)26(38)35-20-13-33-25(24-19(20)12-34-37(24)2)32-11-15-5-7-17(40-3)10-22(15)41-4/h5-10,12-13,21H,11,14H2,1-4H3,(H,32,33)(H,35,38)/t21-/m1/s1. The number of alkyl halides is 3. The zero-order valence-electron chi connectivity index (χ0n) is 23.1. The van der Waals surface area contributed by atoms with Crippen LogP contribution in [0.4, 0.5) is 24.7 Å². The molecule has 2 aromatic carbocycles. The van der Waals surface area contributed by atoms with Crippen molar-refractivity contribution in [2.45, 2.75) is 18.8 Å². The van der Waals surface area contributed by atoms with Crippen molar-refractivity contribution in [3.63, 3.8) is 0 Å². The van der Waals surface area contributed by atoms with E-state index in [1.54, 1.807) is 38.2 Å². The molecule has 1 aliphatic heterocycles. The number of aromatic nitrogens is 3. The quantitative estimate of drug-likeness (QED) is 0.311. The lowest BCUT2D eigenvalue weighted by Gasteiger charge is -2.23. The van der Waals surface area contributed by atoms with Gasteiger partial charge in [-0.15, -0.1) is 0 Å². The summed E-state index contributed by atoms with van der Waals surface area (Å²) in [7, 11) is 6.24. The molecule has 5 rings (SSSR count). The van der Waals surface area contributed by atoms with Gasteiger partial charge in [0, 0.05) is 43.2 Å². The number of carbonyl (C=O) groups excluding carboxylic acids is 2. The summed E-state index contributed by atoms with van der Waals surface area (Å²) in [4.78, 5) is 31.6. The zero-order valence-corrected chi connectivity index (χ0v) is 23.1. The fourth-order valence-corrected chi connectivity index (χ4v) is 4.75. The summed E-state index contributed by atoms with van der Waals surface area (Å²) in [5.41, 5.74) is 1.22. The lowest BCUT2D eigenvalue weighted by molar-refractivity contribution is -0.143. The van der Waals surface area contributed by atoms with Gasteiger partial charge in [-0.05, 0) is 24.3 Å². The lowest BCUT2D eigenvalue weighted by atomic mass is 10.0. The van der Waals surface area contributed by atoms with E-state index in [4.69, 9.17) is 14.2 Å². The maximum Gasteiger partial charge on any atom is 0.416 e. The molecule has 14 heteroatoms. The highest BCUT2D eigenvalue weighted by atomic mass is 19.4. The third kappa shape index (κ3) is 5.34. The topological polar surface area (TPSA) is 120 Å². The Kier molecular flexibility index (Phi) is 7.54. The van der Waals surface area contributed by atoms with Crippen LogP contribution in [0.3, 0.4) is 0 Å². The summed E-state index contributed by atoms with van der Waals surface area (Å²) in [6.45, 7) is 0.282. The summed E-state index contributed by atoms with van der Waals surface area (Å²) in [5, 5.41) is 10.7. The molecule has 0 aliphatic carbocycles. The maximum absolute atomic E-state index is 13.1. The molecule has 0 bridgehead atoms. The first kappa shape index (κ1) is 28.5. The molecular weight excluding hydrogens is 557 g/mol. The Morgan fingerprint density at radius 3 is 2.64 bits per heavy atom. The average molecular weight is 585 g/mol. The van der Waals surface area contributed by atoms with E-state index in [0.717, 1.165) is 22.6 Å². The second-order valence-corrected chi connectivity index (χ2v) is 9.53. The van der Waals surface area contributed by atoms with Crippen LogP contribution in [0.25, 0.3) is 10.9 Å². The van der Waals surface area contributed by atoms with Gasteiger partial charge in [-0.2, -0.15) is 18.3 Å². The number of hydrogen-bond acceptors (Lipinski definition) is 8. The number of benzene rings is 2. The van der Waals surface area contributed by atoms with E-state index in [2.05, 4.69) is 20.7 Å². The van der Waals surface area contributed by atoms with E-state index in [-0.39, 0.29) is 18.0 Å². The molecule has 0 unspecified atom stereocenters. The van der Waals surface area contributed by atoms with E-state index < -0.39 is 29.6 Å². The van der Waals surface area contributed by atoms with Crippen LogP contribution >= 0.6 is 0 Å². The fourth-order valence-electron chi connectivity index (χ4n) is 4.75. The number of nitrogens with zero attached hydrogens (tertiary/aromatic N) is 4. The molecule has 1 aliphatic rings. The van der Waals surface area contributed by atoms with E-state index in [1.165, 1.54) is 19.3 Å². The van der Waals surface area contributed by atoms with Crippen LogP contribution < -0.4 is 24.8 Å². The van der Waals surface area contributed by atoms with Gasteiger partial charge < -0.3 is 29.7 Å². The van der Waals surface area contributed by atoms with Gasteiger partial charge in [-0.3, -0.25) is 14.3 Å². The zero-order chi connectivity index (χ0) is 30.2. The number of fused-ring (bicyclic) bond motifs is 2. The minimum atomic E-state index is -4.53. The molecule has 3 heterocycles. The van der Waals surface area contributed by atoms with E-state index in [0.29, 0.717) is 40.3 Å². The molecule has 2 N–H and O–H groups in total. The van der Waals surface area contributed by atoms with E-state index in [1.807, 2.05) is 12.1 Å². The molecule has 0 spiro atoms. The molecule has 0 saturated heterocycles. The number of likely N-dealkylation sites (N-methyl/N-ethyl adjacent to an activating group) is 1. The van der Waals surface area contributed by atoms with Gasteiger partial charge in [-0.1, -0.05) is 6.07 Å². The summed E-state index contributed by atoms with van der Waals surface area (Å²) >= 11 is 0. The first-order valence-electron chi connectivity index (χ1n) is 12.7. The molecule has 2 amide bonds. The Bertz CT molecular complexity index is 1670. The first-order chi connectivity index (χ1) is 20.0. The second kappa shape index (κ2) is 11.1. The molecular formula is C28H27F3N6O5. The van der Waals surface area contributed by atoms with Crippen LogP contribution in [0.1, 0.15) is 22.7 Å². The van der Waals surface area contributed by atoms with Crippen molar-refractivity contribution >= 4 is 34.2 Å². The van der Waals surface area contributed by atoms with Crippen molar-refractivity contribution in [3.8, 4) is 17.2 Å². The highest BCUT2D eigenvalue weighted by Crippen LogP contribution is 2.40. The third-order valence-corrected chi connectivity index (χ3v) is 7.04. The van der Waals surface area contributed by atoms with Crippen molar-refractivity contribution in [1.29, 1.82) is 0 Å². The first-order valence-corrected chi connectivity index (χ1v) is 12.7. The minimum Gasteiger partial charge on any atom is -0.497 e. The highest BCUT2D eigenvalue weighted by Gasteiger charge is 2.37. The number of nitrogens with one attached hydrogen (secondary N) is 2. The molecule has 11 nitrogen and oxygen atoms in total. The van der Waals surface area contributed by atoms with E-state index in [9.17, 15) is 22.8 Å². The van der Waals surface area contributed by atoms with Crippen molar-refractivity contribution in [2.75, 3.05) is 38.5 Å². The molecule has 0 saturated carbocycles. The van der Waals surface area contributed by atoms with Gasteiger partial charge >= 0.3 is 18.0 Å². The number of methoxy groups -OCH3 is 2. The predicted octanol–water partition coefficient (Wildman–Crippen LogP) is 4.15. The molecule has 1 atom stereocenters. The smallest absolute Gasteiger partial charge is 0.416 e. The number of anilines is 2. The number of halogens is 3. The van der Waals surface area contributed by atoms with Crippen LogP contribution in [-0.2, 0) is 29.4 Å². The van der Waals surface area contributed by atoms with Crippen LogP contribution in [0.15, 0.2) is 48.8 Å². The molecule has 42 heavy (non-hydrogen) atoms. The summed E-state index contributed by atoms with van der Waals surface area (Å²) in [6.07, 6.45) is -1.58. The highest BCUT2D eigenvalue weighted by molar-refractivity contribution is 6.40. The number of aryl methyl sites for hydroxylation is 1. The molecule has 0 fully saturated rings. The third-order valence-electron chi connectivity index (χ3n) is 7.04. The molecule has 220 valence electrons. The van der Waals surface area contributed by atoms with Gasteiger partial charge in [0.15, 0.2) is 5.82 Å². The molecule has 2 aromatic heterocycles. The van der Waals surface area contributed by atoms with Gasteiger partial charge in [0.2, 0.25) is 0 Å². The Morgan fingerprint density at radius 2 is 1.93 bits per heavy atom. The van der Waals surface area contributed by atoms with Crippen LogP contribution in [-0.4, -0.2) is 59.4 Å². The van der Waals surface area contributed by atoms with Gasteiger partial charge in [0.25, 0.3) is 0 Å². The number of pyridine rings is 1. The Balaban J connectivity index is 1.31. The Hall–Kier alpha value is -5.01. The van der Waals surface area contributed by atoms with Crippen LogP contribution in [0.2, 0.25) is 0 Å². The monoisotopic (exact) mass is 584 g/mol. The van der Waals surface area contributed by atoms with Crippen molar-refractivity contribution in [3.05, 3.63) is 65.5 Å². The van der Waals surface area contributed by atoms with E-state index >= 15 is 0 Å². The predicted molar refractivity (Wildman–Crippen MR) is 146 cm³/mol. The minimum absolute atomic E-state index is 0.0199. The second-order valence-electron chi connectivity index (χ2n) is 9.53.